The first kappa shape index (κ1) is 21.9. The average molecular weight is 433 g/mol. The molecule has 1 heterocycles. The molecule has 0 spiro atoms. The predicted octanol–water partition coefficient (Wildman–Crippen LogP) is 5.88. The minimum absolute atomic E-state index is 0.00683. The Bertz CT molecular complexity index is 1450. The van der Waals surface area contributed by atoms with E-state index in [1.54, 1.807) is 0 Å². The number of benzene rings is 3. The molecule has 5 aromatic rings. The smallest absolute Gasteiger partial charge is 0.195 e. The van der Waals surface area contributed by atoms with E-state index in [9.17, 15) is 9.59 Å². The Kier molecular flexibility index (Phi) is 6.86. The molecule has 0 aliphatic rings. The third-order valence-corrected chi connectivity index (χ3v) is 5.44. The molecule has 0 atom stereocenters. The van der Waals surface area contributed by atoms with Gasteiger partial charge in [-0.05, 0) is 40.8 Å². The first-order valence-corrected chi connectivity index (χ1v) is 10.8. The highest BCUT2D eigenvalue weighted by Crippen LogP contribution is 2.23. The molecule has 0 fully saturated rings. The molecule has 4 aromatic carbocycles. The van der Waals surface area contributed by atoms with Crippen LogP contribution in [0, 0.1) is 0 Å². The molecular weight excluding hydrogens is 408 g/mol. The number of nitrogens with zero attached hydrogens (tertiary/aromatic N) is 1. The molecular formula is C29H24N2O2. The molecule has 0 unspecified atom stereocenters. The minimum Gasteiger partial charge on any atom is -0.388 e. The van der Waals surface area contributed by atoms with Crippen molar-refractivity contribution in [2.45, 2.75) is 6.42 Å². The van der Waals surface area contributed by atoms with Crippen molar-refractivity contribution in [1.82, 2.24) is 4.98 Å². The third kappa shape index (κ3) is 5.13. The van der Waals surface area contributed by atoms with E-state index in [0.29, 0.717) is 22.7 Å². The Labute approximate surface area is 192 Å². The number of carbonyl (C=O) groups excluding carboxylic acids is 1. The summed E-state index contributed by atoms with van der Waals surface area (Å²) in [5.74, 6) is 0. The fourth-order valence-corrected chi connectivity index (χ4v) is 3.66. The molecule has 33 heavy (non-hydrogen) atoms. The predicted molar refractivity (Wildman–Crippen MR) is 137 cm³/mol. The second kappa shape index (κ2) is 10.3. The number of hydrogen-bond donors (Lipinski definition) is 1. The Morgan fingerprint density at radius 2 is 1.48 bits per heavy atom. The largest absolute Gasteiger partial charge is 0.388 e. The lowest BCUT2D eigenvalue weighted by Gasteiger charge is -2.02. The van der Waals surface area contributed by atoms with Gasteiger partial charge in [0, 0.05) is 41.7 Å². The van der Waals surface area contributed by atoms with Gasteiger partial charge in [-0.2, -0.15) is 0 Å². The fraction of sp³-hybridized carbons (Fsp3) is 0.0690. The van der Waals surface area contributed by atoms with E-state index in [-0.39, 0.29) is 5.43 Å². The van der Waals surface area contributed by atoms with Crippen molar-refractivity contribution < 1.29 is 4.79 Å². The van der Waals surface area contributed by atoms with Crippen molar-refractivity contribution in [3.63, 3.8) is 0 Å². The van der Waals surface area contributed by atoms with Crippen LogP contribution in [-0.4, -0.2) is 18.3 Å². The number of fused-ring (bicyclic) bond motifs is 2. The second-order valence-corrected chi connectivity index (χ2v) is 7.59. The van der Waals surface area contributed by atoms with Crippen LogP contribution in [0.5, 0.6) is 0 Å². The maximum Gasteiger partial charge on any atom is 0.195 e. The highest BCUT2D eigenvalue weighted by atomic mass is 16.1. The van der Waals surface area contributed by atoms with E-state index in [4.69, 9.17) is 0 Å². The number of anilines is 1. The van der Waals surface area contributed by atoms with Crippen LogP contribution in [0.3, 0.4) is 0 Å². The summed E-state index contributed by atoms with van der Waals surface area (Å²) in [6, 6.07) is 31.3. The molecule has 0 bridgehead atoms. The highest BCUT2D eigenvalue weighted by molar-refractivity contribution is 5.94. The number of nitrogens with one attached hydrogen (secondary N) is 1. The molecule has 5 rings (SSSR count). The first-order chi connectivity index (χ1) is 16.2. The van der Waals surface area contributed by atoms with Gasteiger partial charge in [-0.25, -0.2) is 0 Å². The lowest BCUT2D eigenvalue weighted by Crippen LogP contribution is -2.00. The topological polar surface area (TPSA) is 59.1 Å². The average Bonchev–Trinajstić information content (AvgIpc) is 3.02. The summed E-state index contributed by atoms with van der Waals surface area (Å²) < 4.78 is 0. The van der Waals surface area contributed by atoms with Gasteiger partial charge in [-0.15, -0.1) is 0 Å². The fourth-order valence-electron chi connectivity index (χ4n) is 3.66. The summed E-state index contributed by atoms with van der Waals surface area (Å²) in [5, 5.41) is 5.34. The van der Waals surface area contributed by atoms with Crippen molar-refractivity contribution in [3.05, 3.63) is 119 Å². The highest BCUT2D eigenvalue weighted by Gasteiger charge is 2.06. The van der Waals surface area contributed by atoms with Crippen molar-refractivity contribution >= 4 is 33.6 Å². The standard InChI is InChI=1S/C21H16N2O.C8H8O/c1-22-17-9-7-15-8-10-20-19(21(24)18(15)12-17)11-16(13-23-20)14-5-3-2-4-6-14;9-7-6-8-4-2-1-3-5-8/h2-13,22H,1H3;1-5,7H,6H2. The number of aldehydes is 1. The number of rotatable bonds is 4. The summed E-state index contributed by atoms with van der Waals surface area (Å²) >= 11 is 0. The van der Waals surface area contributed by atoms with E-state index >= 15 is 0 Å². The van der Waals surface area contributed by atoms with Crippen LogP contribution in [0.15, 0.2) is 108 Å². The maximum atomic E-state index is 13.1. The summed E-state index contributed by atoms with van der Waals surface area (Å²) in [5.41, 5.74) is 4.72. The molecule has 0 amide bonds. The molecule has 1 N–H and O–H groups in total. The Morgan fingerprint density at radius 3 is 2.18 bits per heavy atom. The van der Waals surface area contributed by atoms with Gasteiger partial charge in [0.15, 0.2) is 5.43 Å². The van der Waals surface area contributed by atoms with Crippen LogP contribution >= 0.6 is 0 Å². The van der Waals surface area contributed by atoms with Gasteiger partial charge in [0.2, 0.25) is 0 Å². The van der Waals surface area contributed by atoms with Gasteiger partial charge in [0.05, 0.1) is 5.52 Å². The zero-order valence-electron chi connectivity index (χ0n) is 18.4. The van der Waals surface area contributed by atoms with E-state index in [0.717, 1.165) is 34.1 Å². The normalized spacial score (nSPS) is 10.3. The number of aromatic nitrogens is 1. The Balaban J connectivity index is 0.000000243. The molecule has 0 aliphatic carbocycles. The van der Waals surface area contributed by atoms with E-state index in [2.05, 4.69) is 10.3 Å². The van der Waals surface area contributed by atoms with E-state index in [1.165, 1.54) is 0 Å². The zero-order valence-corrected chi connectivity index (χ0v) is 18.4. The molecule has 162 valence electrons. The van der Waals surface area contributed by atoms with Gasteiger partial charge in [0.1, 0.15) is 6.29 Å². The lowest BCUT2D eigenvalue weighted by molar-refractivity contribution is -0.107. The second-order valence-electron chi connectivity index (χ2n) is 7.59. The van der Waals surface area contributed by atoms with E-state index in [1.807, 2.05) is 110 Å². The van der Waals surface area contributed by atoms with Crippen molar-refractivity contribution in [3.8, 4) is 11.1 Å². The summed E-state index contributed by atoms with van der Waals surface area (Å²) in [6.45, 7) is 0. The summed E-state index contributed by atoms with van der Waals surface area (Å²) in [7, 11) is 1.85. The first-order valence-electron chi connectivity index (χ1n) is 10.8. The molecule has 4 heteroatoms. The Hall–Kier alpha value is -4.31. The van der Waals surface area contributed by atoms with Crippen LogP contribution in [-0.2, 0) is 11.2 Å². The summed E-state index contributed by atoms with van der Waals surface area (Å²) in [4.78, 5) is 27.6. The van der Waals surface area contributed by atoms with Gasteiger partial charge >= 0.3 is 0 Å². The van der Waals surface area contributed by atoms with Gasteiger partial charge < -0.3 is 10.1 Å². The van der Waals surface area contributed by atoms with E-state index < -0.39 is 0 Å². The SMILES string of the molecule is CNc1ccc2ccc3ncc(-c4ccccc4)cc3c(=O)c2c1.O=CCc1ccccc1. The van der Waals surface area contributed by atoms with Crippen LogP contribution in [0.1, 0.15) is 5.56 Å². The summed E-state index contributed by atoms with van der Waals surface area (Å²) in [6.07, 6.45) is 3.26. The number of pyridine rings is 1. The molecule has 0 radical (unpaired) electrons. The van der Waals surface area contributed by atoms with Crippen molar-refractivity contribution in [1.29, 1.82) is 0 Å². The number of carbonyl (C=O) groups is 1. The van der Waals surface area contributed by atoms with Crippen LogP contribution < -0.4 is 10.7 Å². The third-order valence-electron chi connectivity index (χ3n) is 5.44. The molecule has 4 nitrogen and oxygen atoms in total. The van der Waals surface area contributed by atoms with Crippen LogP contribution in [0.25, 0.3) is 32.8 Å². The van der Waals surface area contributed by atoms with Gasteiger partial charge in [-0.1, -0.05) is 72.8 Å². The molecule has 0 saturated heterocycles. The zero-order chi connectivity index (χ0) is 23.0. The maximum absolute atomic E-state index is 13.1. The number of hydrogen-bond acceptors (Lipinski definition) is 4. The molecule has 0 saturated carbocycles. The monoisotopic (exact) mass is 432 g/mol. The minimum atomic E-state index is 0.00683. The van der Waals surface area contributed by atoms with Gasteiger partial charge in [0.25, 0.3) is 0 Å². The lowest BCUT2D eigenvalue weighted by atomic mass is 10.1. The van der Waals surface area contributed by atoms with Crippen molar-refractivity contribution in [2.24, 2.45) is 0 Å². The molecule has 1 aromatic heterocycles. The van der Waals surface area contributed by atoms with Crippen LogP contribution in [0.4, 0.5) is 5.69 Å². The van der Waals surface area contributed by atoms with Crippen molar-refractivity contribution in [2.75, 3.05) is 12.4 Å². The Morgan fingerprint density at radius 1 is 0.788 bits per heavy atom. The van der Waals surface area contributed by atoms with Gasteiger partial charge in [-0.3, -0.25) is 9.78 Å². The quantitative estimate of drug-likeness (QED) is 0.360. The van der Waals surface area contributed by atoms with Crippen LogP contribution in [0.2, 0.25) is 0 Å². The molecule has 0 aliphatic heterocycles.